The number of carbonyl (C=O) groups is 1. The molecule has 0 atom stereocenters. The Morgan fingerprint density at radius 3 is 2.00 bits per heavy atom. The van der Waals surface area contributed by atoms with Crippen molar-refractivity contribution in [1.82, 2.24) is 0 Å². The molecule has 4 nitrogen and oxygen atoms in total. The summed E-state index contributed by atoms with van der Waals surface area (Å²) in [4.78, 5) is 11.9. The van der Waals surface area contributed by atoms with Crippen LogP contribution in [0.25, 0.3) is 0 Å². The Morgan fingerprint density at radius 2 is 1.36 bits per heavy atom. The molecule has 0 saturated heterocycles. The van der Waals surface area contributed by atoms with Crippen molar-refractivity contribution in [2.75, 3.05) is 17.2 Å². The third kappa shape index (κ3) is 5.39. The number of rotatable bonds is 7. The van der Waals surface area contributed by atoms with Gasteiger partial charge in [-0.05, 0) is 42.0 Å². The molecule has 0 bridgehead atoms. The lowest BCUT2D eigenvalue weighted by Gasteiger charge is -2.09. The van der Waals surface area contributed by atoms with E-state index in [1.165, 1.54) is 0 Å². The summed E-state index contributed by atoms with van der Waals surface area (Å²) in [5.41, 5.74) is 2.99. The Kier molecular flexibility index (Phi) is 5.67. The molecule has 0 aliphatic heterocycles. The first-order chi connectivity index (χ1) is 12.3. The van der Waals surface area contributed by atoms with Crippen molar-refractivity contribution in [3.05, 3.63) is 90.5 Å². The van der Waals surface area contributed by atoms with Crippen molar-refractivity contribution in [2.24, 2.45) is 0 Å². The summed E-state index contributed by atoms with van der Waals surface area (Å²) in [5, 5.41) is 6.14. The lowest BCUT2D eigenvalue weighted by atomic mass is 10.2. The largest absolute Gasteiger partial charge is 0.484 e. The third-order valence-corrected chi connectivity index (χ3v) is 3.62. The van der Waals surface area contributed by atoms with Crippen LogP contribution in [-0.4, -0.2) is 12.5 Å². The molecule has 2 N–H and O–H groups in total. The molecule has 3 aromatic rings. The molecular formula is C21H20N2O2. The SMILES string of the molecule is O=C(COc1ccc(CNc2ccccc2)cc1)Nc1ccccc1. The van der Waals surface area contributed by atoms with Gasteiger partial charge >= 0.3 is 0 Å². The lowest BCUT2D eigenvalue weighted by Crippen LogP contribution is -2.20. The summed E-state index contributed by atoms with van der Waals surface area (Å²) in [6.07, 6.45) is 0. The van der Waals surface area contributed by atoms with Crippen LogP contribution in [0.1, 0.15) is 5.56 Å². The first-order valence-electron chi connectivity index (χ1n) is 8.15. The molecule has 25 heavy (non-hydrogen) atoms. The predicted octanol–water partition coefficient (Wildman–Crippen LogP) is 4.32. The summed E-state index contributed by atoms with van der Waals surface area (Å²) >= 11 is 0. The van der Waals surface area contributed by atoms with Gasteiger partial charge in [-0.1, -0.05) is 48.5 Å². The minimum atomic E-state index is -0.180. The molecule has 126 valence electrons. The van der Waals surface area contributed by atoms with Crippen molar-refractivity contribution in [3.8, 4) is 5.75 Å². The molecule has 0 aliphatic carbocycles. The van der Waals surface area contributed by atoms with E-state index >= 15 is 0 Å². The minimum Gasteiger partial charge on any atom is -0.484 e. The Hall–Kier alpha value is -3.27. The Balaban J connectivity index is 1.45. The zero-order valence-electron chi connectivity index (χ0n) is 13.8. The van der Waals surface area contributed by atoms with E-state index in [0.29, 0.717) is 5.75 Å². The zero-order chi connectivity index (χ0) is 17.3. The van der Waals surface area contributed by atoms with Gasteiger partial charge in [0.05, 0.1) is 0 Å². The van der Waals surface area contributed by atoms with Gasteiger partial charge in [-0.15, -0.1) is 0 Å². The summed E-state index contributed by atoms with van der Waals surface area (Å²) in [6.45, 7) is 0.718. The minimum absolute atomic E-state index is 0.0174. The van der Waals surface area contributed by atoms with Crippen LogP contribution in [0.4, 0.5) is 11.4 Å². The Bertz CT molecular complexity index is 787. The van der Waals surface area contributed by atoms with E-state index in [1.807, 2.05) is 84.9 Å². The molecular weight excluding hydrogens is 312 g/mol. The highest BCUT2D eigenvalue weighted by Crippen LogP contribution is 2.14. The number of carbonyl (C=O) groups excluding carboxylic acids is 1. The summed E-state index contributed by atoms with van der Waals surface area (Å²) in [5.74, 6) is 0.493. The average molecular weight is 332 g/mol. The van der Waals surface area contributed by atoms with E-state index in [4.69, 9.17) is 4.74 Å². The smallest absolute Gasteiger partial charge is 0.262 e. The third-order valence-electron chi connectivity index (χ3n) is 3.62. The standard InChI is InChI=1S/C21H20N2O2/c24-21(23-19-9-5-2-6-10-19)16-25-20-13-11-17(12-14-20)15-22-18-7-3-1-4-8-18/h1-14,22H,15-16H2,(H,23,24). The number of benzene rings is 3. The molecule has 4 heteroatoms. The maximum absolute atomic E-state index is 11.9. The van der Waals surface area contributed by atoms with Gasteiger partial charge in [0.15, 0.2) is 6.61 Å². The highest BCUT2D eigenvalue weighted by atomic mass is 16.5. The van der Waals surface area contributed by atoms with E-state index in [-0.39, 0.29) is 12.5 Å². The second-order valence-electron chi connectivity index (χ2n) is 5.57. The number of anilines is 2. The molecule has 1 amide bonds. The fourth-order valence-electron chi connectivity index (χ4n) is 2.33. The summed E-state index contributed by atoms with van der Waals surface area (Å²) < 4.78 is 5.53. The monoisotopic (exact) mass is 332 g/mol. The van der Waals surface area contributed by atoms with Gasteiger partial charge in [0.25, 0.3) is 5.91 Å². The summed E-state index contributed by atoms with van der Waals surface area (Å²) in [6, 6.07) is 27.1. The van der Waals surface area contributed by atoms with Gasteiger partial charge in [-0.25, -0.2) is 0 Å². The molecule has 0 spiro atoms. The van der Waals surface area contributed by atoms with E-state index < -0.39 is 0 Å². The Morgan fingerprint density at radius 1 is 0.760 bits per heavy atom. The molecule has 0 aliphatic rings. The van der Waals surface area contributed by atoms with Gasteiger partial charge in [0.2, 0.25) is 0 Å². The van der Waals surface area contributed by atoms with Gasteiger partial charge in [-0.3, -0.25) is 4.79 Å². The molecule has 3 rings (SSSR count). The maximum Gasteiger partial charge on any atom is 0.262 e. The fourth-order valence-corrected chi connectivity index (χ4v) is 2.33. The van der Waals surface area contributed by atoms with E-state index in [2.05, 4.69) is 10.6 Å². The number of nitrogens with one attached hydrogen (secondary N) is 2. The van der Waals surface area contributed by atoms with Crippen molar-refractivity contribution in [2.45, 2.75) is 6.54 Å². The van der Waals surface area contributed by atoms with Gasteiger partial charge < -0.3 is 15.4 Å². The van der Waals surface area contributed by atoms with Gasteiger partial charge in [0, 0.05) is 17.9 Å². The lowest BCUT2D eigenvalue weighted by molar-refractivity contribution is -0.118. The fraction of sp³-hybridized carbons (Fsp3) is 0.0952. The first kappa shape index (κ1) is 16.6. The molecule has 0 radical (unpaired) electrons. The average Bonchev–Trinajstić information content (AvgIpc) is 2.67. The van der Waals surface area contributed by atoms with Crippen molar-refractivity contribution in [1.29, 1.82) is 0 Å². The molecule has 0 heterocycles. The van der Waals surface area contributed by atoms with Crippen LogP contribution in [0.2, 0.25) is 0 Å². The second-order valence-corrected chi connectivity index (χ2v) is 5.57. The highest BCUT2D eigenvalue weighted by molar-refractivity contribution is 5.91. The number of amides is 1. The van der Waals surface area contributed by atoms with Crippen LogP contribution in [0.15, 0.2) is 84.9 Å². The first-order valence-corrected chi connectivity index (χ1v) is 8.15. The molecule has 0 saturated carbocycles. The van der Waals surface area contributed by atoms with E-state index in [9.17, 15) is 4.79 Å². The predicted molar refractivity (Wildman–Crippen MR) is 101 cm³/mol. The van der Waals surface area contributed by atoms with Crippen LogP contribution < -0.4 is 15.4 Å². The zero-order valence-corrected chi connectivity index (χ0v) is 13.8. The Labute approximate surface area is 147 Å². The van der Waals surface area contributed by atoms with Crippen molar-refractivity contribution in [3.63, 3.8) is 0 Å². The van der Waals surface area contributed by atoms with E-state index in [1.54, 1.807) is 0 Å². The normalized spacial score (nSPS) is 10.1. The molecule has 0 fully saturated rings. The molecule has 3 aromatic carbocycles. The van der Waals surface area contributed by atoms with Crippen LogP contribution >= 0.6 is 0 Å². The van der Waals surface area contributed by atoms with Crippen molar-refractivity contribution >= 4 is 17.3 Å². The second kappa shape index (κ2) is 8.55. The van der Waals surface area contributed by atoms with Gasteiger partial charge in [-0.2, -0.15) is 0 Å². The number of para-hydroxylation sites is 2. The van der Waals surface area contributed by atoms with Crippen LogP contribution in [0.5, 0.6) is 5.75 Å². The number of ether oxygens (including phenoxy) is 1. The van der Waals surface area contributed by atoms with Crippen LogP contribution in [0.3, 0.4) is 0 Å². The maximum atomic E-state index is 11.9. The number of hydrogen-bond acceptors (Lipinski definition) is 3. The number of hydrogen-bond donors (Lipinski definition) is 2. The molecule has 0 unspecified atom stereocenters. The van der Waals surface area contributed by atoms with Crippen LogP contribution in [-0.2, 0) is 11.3 Å². The summed E-state index contributed by atoms with van der Waals surface area (Å²) in [7, 11) is 0. The topological polar surface area (TPSA) is 50.4 Å². The highest BCUT2D eigenvalue weighted by Gasteiger charge is 2.03. The van der Waals surface area contributed by atoms with Crippen molar-refractivity contribution < 1.29 is 9.53 Å². The van der Waals surface area contributed by atoms with Gasteiger partial charge in [0.1, 0.15) is 5.75 Å². The molecule has 0 aromatic heterocycles. The van der Waals surface area contributed by atoms with Crippen LogP contribution in [0, 0.1) is 0 Å². The quantitative estimate of drug-likeness (QED) is 0.677. The van der Waals surface area contributed by atoms with E-state index in [0.717, 1.165) is 23.5 Å².